The molecule has 0 spiro atoms. The second-order valence-electron chi connectivity index (χ2n) is 0.408. The van der Waals surface area contributed by atoms with Crippen LogP contribution in [-0.4, -0.2) is 28.5 Å². The van der Waals surface area contributed by atoms with Gasteiger partial charge in [0.2, 0.25) is 0 Å². The molecule has 0 bridgehead atoms. The van der Waals surface area contributed by atoms with Crippen molar-refractivity contribution in [1.82, 2.24) is 0 Å². The van der Waals surface area contributed by atoms with Crippen LogP contribution in [0.1, 0.15) is 0 Å². The van der Waals surface area contributed by atoms with E-state index in [9.17, 15) is 0 Å². The first kappa shape index (κ1) is 23.9. The van der Waals surface area contributed by atoms with Crippen molar-refractivity contribution >= 4 is 10.4 Å². The van der Waals surface area contributed by atoms with Gasteiger partial charge in [-0.2, -0.15) is 0 Å². The molecule has 0 rings (SSSR count). The number of rotatable bonds is 0. The summed E-state index contributed by atoms with van der Waals surface area (Å²) in [5.41, 5.74) is 0. The maximum absolute atomic E-state index is 8.52. The first-order valence-electron chi connectivity index (χ1n) is 0.667. The van der Waals surface area contributed by atoms with Gasteiger partial charge in [0.15, 0.2) is 0 Å². The van der Waals surface area contributed by atoms with Crippen molar-refractivity contribution < 1.29 is 45.0 Å². The molecule has 6 nitrogen and oxygen atoms in total. The molecule has 0 aliphatic heterocycles. The maximum Gasteiger partial charge on any atom is 3.00 e. The van der Waals surface area contributed by atoms with Crippen LogP contribution in [0.5, 0.6) is 0 Å². The fourth-order valence-corrected chi connectivity index (χ4v) is 0. The van der Waals surface area contributed by atoms with Crippen molar-refractivity contribution in [2.45, 2.75) is 0 Å². The van der Waals surface area contributed by atoms with Crippen molar-refractivity contribution in [2.24, 2.45) is 0 Å². The molecule has 0 fully saturated rings. The minimum Gasteiger partial charge on any atom is -0.870 e. The van der Waals surface area contributed by atoms with Crippen molar-refractivity contribution in [2.75, 3.05) is 0 Å². The number of hydrogen-bond acceptors (Lipinski definition) is 5. The normalized spacial score (nSPS) is 7.25. The molecule has 0 saturated heterocycles. The third kappa shape index (κ3) is 2180. The second-order valence-corrected chi connectivity index (χ2v) is 1.22. The summed E-state index contributed by atoms with van der Waals surface area (Å²) in [5, 5.41) is 0. The standard InChI is InChI=1S/Ni.H2O4S.2H2O/c;1-5(2,3)4;;/h;(H2,1,2,3,4);2*1H2/q+3;;;/p-3. The molecule has 8 heavy (non-hydrogen) atoms. The fraction of sp³-hybridized carbons (Fsp3) is 0. The smallest absolute Gasteiger partial charge is 0.870 e. The molecule has 0 unspecified atom stereocenters. The van der Waals surface area contributed by atoms with Crippen LogP contribution in [0.3, 0.4) is 0 Å². The fourth-order valence-electron chi connectivity index (χ4n) is 0. The largest absolute Gasteiger partial charge is 3.00 e. The van der Waals surface area contributed by atoms with Crippen LogP contribution >= 0.6 is 0 Å². The number of hydrogen-bond donors (Lipinski definition) is 0. The Bertz CT molecular complexity index is 91.7. The van der Waals surface area contributed by atoms with Gasteiger partial charge >= 0.3 is 16.5 Å². The van der Waals surface area contributed by atoms with Crippen LogP contribution in [0.15, 0.2) is 0 Å². The molecule has 0 aromatic rings. The Kier molecular flexibility index (Phi) is 21.8. The minimum atomic E-state index is -5.17. The molecule has 3 N–H and O–H groups in total. The van der Waals surface area contributed by atoms with Crippen LogP contribution in [0.2, 0.25) is 0 Å². The average molecular weight is 190 g/mol. The van der Waals surface area contributed by atoms with Crippen molar-refractivity contribution in [3.05, 3.63) is 0 Å². The van der Waals surface area contributed by atoms with Crippen LogP contribution < -0.4 is 0 Å². The van der Waals surface area contributed by atoms with Crippen molar-refractivity contribution in [3.8, 4) is 0 Å². The quantitative estimate of drug-likeness (QED) is 0.238. The van der Waals surface area contributed by atoms with E-state index < -0.39 is 10.4 Å². The third-order valence-electron chi connectivity index (χ3n) is 0. The second kappa shape index (κ2) is 7.28. The molecule has 1 radical (unpaired) electrons. The van der Waals surface area contributed by atoms with Crippen molar-refractivity contribution in [3.63, 3.8) is 0 Å². The van der Waals surface area contributed by atoms with Gasteiger partial charge in [-0.25, -0.2) is 0 Å². The van der Waals surface area contributed by atoms with E-state index in [4.69, 9.17) is 17.5 Å². The van der Waals surface area contributed by atoms with E-state index in [1.54, 1.807) is 0 Å². The zero-order valence-electron chi connectivity index (χ0n) is 3.30. The van der Waals surface area contributed by atoms with Gasteiger partial charge in [0.25, 0.3) is 0 Å². The molecule has 0 aliphatic rings. The Morgan fingerprint density at radius 1 is 1.12 bits per heavy atom. The molecular weight excluding hydrogens is 187 g/mol. The summed E-state index contributed by atoms with van der Waals surface area (Å²) >= 11 is 0. The van der Waals surface area contributed by atoms with Gasteiger partial charge in [-0.05, 0) is 0 Å². The molecule has 0 heterocycles. The average Bonchev–Trinajstić information content (AvgIpc) is 0.722. The Morgan fingerprint density at radius 2 is 1.12 bits per heavy atom. The molecule has 0 atom stereocenters. The summed E-state index contributed by atoms with van der Waals surface area (Å²) < 4.78 is 34.1. The first-order chi connectivity index (χ1) is 2.00. The Balaban J connectivity index is -0.0000000267. The van der Waals surface area contributed by atoms with E-state index in [0.29, 0.717) is 0 Å². The molecule has 0 aromatic heterocycles. The zero-order valence-corrected chi connectivity index (χ0v) is 5.11. The SMILES string of the molecule is O.O=S(=O)([O-])[O-].[Ni+3].[OH-]. The van der Waals surface area contributed by atoms with Gasteiger partial charge in [0.1, 0.15) is 0 Å². The molecule has 0 amide bonds. The van der Waals surface area contributed by atoms with Crippen LogP contribution in [-0.2, 0) is 26.9 Å². The molecule has 8 heteroatoms. The summed E-state index contributed by atoms with van der Waals surface area (Å²) in [7, 11) is -5.17. The van der Waals surface area contributed by atoms with E-state index in [-0.39, 0.29) is 27.4 Å². The predicted molar refractivity (Wildman–Crippen MR) is 16.0 cm³/mol. The Labute approximate surface area is 56.0 Å². The van der Waals surface area contributed by atoms with E-state index in [1.807, 2.05) is 0 Å². The van der Waals surface area contributed by atoms with Gasteiger partial charge in [0.05, 0.1) is 0 Å². The van der Waals surface area contributed by atoms with Gasteiger partial charge in [-0.1, -0.05) is 0 Å². The van der Waals surface area contributed by atoms with Crippen LogP contribution in [0, 0.1) is 0 Å². The molecule has 55 valence electrons. The minimum absolute atomic E-state index is 0. The van der Waals surface area contributed by atoms with Gasteiger partial charge < -0.3 is 20.1 Å². The maximum atomic E-state index is 8.52. The van der Waals surface area contributed by atoms with Gasteiger partial charge in [-0.15, -0.1) is 0 Å². The van der Waals surface area contributed by atoms with Gasteiger partial charge in [-0.3, -0.25) is 8.42 Å². The summed E-state index contributed by atoms with van der Waals surface area (Å²) in [6.45, 7) is 0. The molecule has 0 saturated carbocycles. The predicted octanol–water partition coefficient (Wildman–Crippen LogP) is -2.34. The summed E-state index contributed by atoms with van der Waals surface area (Å²) in [5.74, 6) is 0. The van der Waals surface area contributed by atoms with Crippen LogP contribution in [0.25, 0.3) is 0 Å². The van der Waals surface area contributed by atoms with Gasteiger partial charge in [0, 0.05) is 10.4 Å². The third-order valence-corrected chi connectivity index (χ3v) is 0. The first-order valence-corrected chi connectivity index (χ1v) is 2.00. The van der Waals surface area contributed by atoms with E-state index >= 15 is 0 Å². The summed E-state index contributed by atoms with van der Waals surface area (Å²) in [6.07, 6.45) is 0. The zero-order chi connectivity index (χ0) is 4.50. The molecule has 0 aliphatic carbocycles. The topological polar surface area (TPSA) is 142 Å². The Hall–Kier alpha value is 0.284. The Morgan fingerprint density at radius 3 is 1.12 bits per heavy atom. The molecular formula is H3NiO6S. The summed E-state index contributed by atoms with van der Waals surface area (Å²) in [4.78, 5) is 0. The van der Waals surface area contributed by atoms with Crippen molar-refractivity contribution in [1.29, 1.82) is 0 Å². The molecule has 0 aromatic carbocycles. The van der Waals surface area contributed by atoms with E-state index in [2.05, 4.69) is 0 Å². The summed E-state index contributed by atoms with van der Waals surface area (Å²) in [6, 6.07) is 0. The van der Waals surface area contributed by atoms with E-state index in [1.165, 1.54) is 0 Å². The monoisotopic (exact) mass is 189 g/mol. The van der Waals surface area contributed by atoms with E-state index in [0.717, 1.165) is 0 Å². The van der Waals surface area contributed by atoms with Crippen LogP contribution in [0.4, 0.5) is 0 Å².